The second kappa shape index (κ2) is 4.09. The minimum atomic E-state index is -0.390. The van der Waals surface area contributed by atoms with Crippen LogP contribution in [0.2, 0.25) is 0 Å². The molecule has 1 aliphatic rings. The molecule has 3 heteroatoms. The van der Waals surface area contributed by atoms with E-state index in [2.05, 4.69) is 12.2 Å². The molecular weight excluding hydrogens is 164 g/mol. The third-order valence-electron chi connectivity index (χ3n) is 2.80. The predicted molar refractivity (Wildman–Crippen MR) is 53.3 cm³/mol. The number of hydrogen-bond acceptors (Lipinski definition) is 2. The highest BCUT2D eigenvalue weighted by molar-refractivity contribution is 5.81. The van der Waals surface area contributed by atoms with Gasteiger partial charge in [-0.05, 0) is 26.7 Å². The Morgan fingerprint density at radius 2 is 1.92 bits per heavy atom. The van der Waals surface area contributed by atoms with Crippen LogP contribution in [0.25, 0.3) is 0 Å². The summed E-state index contributed by atoms with van der Waals surface area (Å²) in [7, 11) is 0. The van der Waals surface area contributed by atoms with Gasteiger partial charge >= 0.3 is 0 Å². The molecule has 0 aromatic heterocycles. The first-order valence-electron chi connectivity index (χ1n) is 5.11. The summed E-state index contributed by atoms with van der Waals surface area (Å²) in [6.45, 7) is 3.84. The Hall–Kier alpha value is -0.570. The van der Waals surface area contributed by atoms with Crippen LogP contribution in [-0.2, 0) is 4.79 Å². The van der Waals surface area contributed by atoms with Crippen molar-refractivity contribution in [3.63, 3.8) is 0 Å². The van der Waals surface area contributed by atoms with E-state index in [0.29, 0.717) is 0 Å². The zero-order chi connectivity index (χ0) is 9.90. The van der Waals surface area contributed by atoms with Crippen LogP contribution in [0.15, 0.2) is 0 Å². The van der Waals surface area contributed by atoms with Gasteiger partial charge in [-0.3, -0.25) is 4.79 Å². The van der Waals surface area contributed by atoms with Crippen LogP contribution in [0, 0.1) is 0 Å². The molecule has 1 amide bonds. The Bertz CT molecular complexity index is 183. The molecule has 1 fully saturated rings. The van der Waals surface area contributed by atoms with Crippen LogP contribution in [0.5, 0.6) is 0 Å². The summed E-state index contributed by atoms with van der Waals surface area (Å²) >= 11 is 0. The summed E-state index contributed by atoms with van der Waals surface area (Å²) in [5.74, 6) is -0.0237. The maximum atomic E-state index is 11.4. The molecule has 0 aromatic carbocycles. The highest BCUT2D eigenvalue weighted by atomic mass is 16.2. The van der Waals surface area contributed by atoms with Crippen molar-refractivity contribution in [3.8, 4) is 0 Å². The van der Waals surface area contributed by atoms with Gasteiger partial charge in [0.15, 0.2) is 0 Å². The van der Waals surface area contributed by atoms with Crippen molar-refractivity contribution in [1.29, 1.82) is 0 Å². The van der Waals surface area contributed by atoms with Crippen LogP contribution in [0.3, 0.4) is 0 Å². The number of carbonyl (C=O) groups excluding carboxylic acids is 1. The number of amides is 1. The average molecular weight is 184 g/mol. The normalized spacial score (nSPS) is 23.6. The number of hydrogen-bond donors (Lipinski definition) is 2. The summed E-state index contributed by atoms with van der Waals surface area (Å²) in [5.41, 5.74) is 5.50. The van der Waals surface area contributed by atoms with E-state index in [4.69, 9.17) is 5.73 Å². The standard InChI is InChI=1S/C10H20N2O/c1-8(11)9(13)12-10(2)6-4-3-5-7-10/h8H,3-7,11H2,1-2H3,(H,12,13). The van der Waals surface area contributed by atoms with Gasteiger partial charge in [0.05, 0.1) is 6.04 Å². The lowest BCUT2D eigenvalue weighted by molar-refractivity contribution is -0.124. The largest absolute Gasteiger partial charge is 0.350 e. The zero-order valence-electron chi connectivity index (χ0n) is 8.60. The van der Waals surface area contributed by atoms with Gasteiger partial charge in [0.1, 0.15) is 0 Å². The van der Waals surface area contributed by atoms with Gasteiger partial charge in [0.25, 0.3) is 0 Å². The van der Waals surface area contributed by atoms with Gasteiger partial charge in [0, 0.05) is 5.54 Å². The minimum Gasteiger partial charge on any atom is -0.350 e. The van der Waals surface area contributed by atoms with Crippen molar-refractivity contribution >= 4 is 5.91 Å². The van der Waals surface area contributed by atoms with E-state index >= 15 is 0 Å². The third-order valence-corrected chi connectivity index (χ3v) is 2.80. The molecule has 1 atom stereocenters. The monoisotopic (exact) mass is 184 g/mol. The average Bonchev–Trinajstić information content (AvgIpc) is 2.04. The summed E-state index contributed by atoms with van der Waals surface area (Å²) in [4.78, 5) is 11.4. The van der Waals surface area contributed by atoms with E-state index in [-0.39, 0.29) is 11.4 Å². The van der Waals surface area contributed by atoms with E-state index in [1.807, 2.05) is 0 Å². The molecule has 1 aliphatic carbocycles. The fraction of sp³-hybridized carbons (Fsp3) is 0.900. The lowest BCUT2D eigenvalue weighted by atomic mass is 9.83. The van der Waals surface area contributed by atoms with E-state index in [9.17, 15) is 4.79 Å². The second-order valence-electron chi connectivity index (χ2n) is 4.40. The van der Waals surface area contributed by atoms with Crippen molar-refractivity contribution in [1.82, 2.24) is 5.32 Å². The van der Waals surface area contributed by atoms with Gasteiger partial charge in [-0.1, -0.05) is 19.3 Å². The highest BCUT2D eigenvalue weighted by Crippen LogP contribution is 2.27. The molecular formula is C10H20N2O. The van der Waals surface area contributed by atoms with E-state index in [1.165, 1.54) is 19.3 Å². The Balaban J connectivity index is 2.45. The molecule has 0 aromatic rings. The lowest BCUT2D eigenvalue weighted by Gasteiger charge is -2.35. The summed E-state index contributed by atoms with van der Waals surface area (Å²) in [6.07, 6.45) is 5.91. The summed E-state index contributed by atoms with van der Waals surface area (Å²) < 4.78 is 0. The van der Waals surface area contributed by atoms with Crippen LogP contribution in [0.4, 0.5) is 0 Å². The number of nitrogens with two attached hydrogens (primary N) is 1. The maximum Gasteiger partial charge on any atom is 0.237 e. The number of carbonyl (C=O) groups is 1. The van der Waals surface area contributed by atoms with Crippen molar-refractivity contribution in [2.75, 3.05) is 0 Å². The SMILES string of the molecule is CC(N)C(=O)NC1(C)CCCCC1. The molecule has 0 heterocycles. The van der Waals surface area contributed by atoms with Crippen molar-refractivity contribution < 1.29 is 4.79 Å². The molecule has 0 saturated heterocycles. The summed E-state index contributed by atoms with van der Waals surface area (Å²) in [6, 6.07) is -0.390. The molecule has 1 rings (SSSR count). The van der Waals surface area contributed by atoms with Crippen molar-refractivity contribution in [3.05, 3.63) is 0 Å². The number of rotatable bonds is 2. The van der Waals surface area contributed by atoms with E-state index in [0.717, 1.165) is 12.8 Å². The number of nitrogens with one attached hydrogen (secondary N) is 1. The molecule has 0 bridgehead atoms. The molecule has 0 radical (unpaired) electrons. The van der Waals surface area contributed by atoms with Gasteiger partial charge in [-0.25, -0.2) is 0 Å². The van der Waals surface area contributed by atoms with Gasteiger partial charge in [0.2, 0.25) is 5.91 Å². The molecule has 0 spiro atoms. The van der Waals surface area contributed by atoms with Crippen LogP contribution >= 0.6 is 0 Å². The lowest BCUT2D eigenvalue weighted by Crippen LogP contribution is -2.52. The molecule has 13 heavy (non-hydrogen) atoms. The predicted octanol–water partition coefficient (Wildman–Crippen LogP) is 1.17. The van der Waals surface area contributed by atoms with Gasteiger partial charge in [-0.2, -0.15) is 0 Å². The van der Waals surface area contributed by atoms with Crippen LogP contribution < -0.4 is 11.1 Å². The fourth-order valence-corrected chi connectivity index (χ4v) is 1.87. The Labute approximate surface area is 80.1 Å². The summed E-state index contributed by atoms with van der Waals surface area (Å²) in [5, 5.41) is 3.03. The smallest absolute Gasteiger partial charge is 0.237 e. The van der Waals surface area contributed by atoms with Crippen molar-refractivity contribution in [2.24, 2.45) is 5.73 Å². The molecule has 76 valence electrons. The molecule has 0 aliphatic heterocycles. The van der Waals surface area contributed by atoms with Crippen LogP contribution in [-0.4, -0.2) is 17.5 Å². The molecule has 1 unspecified atom stereocenters. The Kier molecular flexibility index (Phi) is 3.31. The van der Waals surface area contributed by atoms with E-state index < -0.39 is 6.04 Å². The fourth-order valence-electron chi connectivity index (χ4n) is 1.87. The second-order valence-corrected chi connectivity index (χ2v) is 4.40. The minimum absolute atomic E-state index is 0.00294. The Morgan fingerprint density at radius 3 is 2.38 bits per heavy atom. The maximum absolute atomic E-state index is 11.4. The van der Waals surface area contributed by atoms with Gasteiger partial charge < -0.3 is 11.1 Å². The first-order chi connectivity index (χ1) is 6.03. The quantitative estimate of drug-likeness (QED) is 0.677. The van der Waals surface area contributed by atoms with Gasteiger partial charge in [-0.15, -0.1) is 0 Å². The van der Waals surface area contributed by atoms with Crippen molar-refractivity contribution in [2.45, 2.75) is 57.5 Å². The zero-order valence-corrected chi connectivity index (χ0v) is 8.60. The molecule has 3 nitrogen and oxygen atoms in total. The first-order valence-corrected chi connectivity index (χ1v) is 5.11. The topological polar surface area (TPSA) is 55.1 Å². The van der Waals surface area contributed by atoms with E-state index in [1.54, 1.807) is 6.92 Å². The molecule has 1 saturated carbocycles. The highest BCUT2D eigenvalue weighted by Gasteiger charge is 2.28. The Morgan fingerprint density at radius 1 is 1.38 bits per heavy atom. The third kappa shape index (κ3) is 2.99. The first kappa shape index (κ1) is 10.5. The van der Waals surface area contributed by atoms with Crippen LogP contribution in [0.1, 0.15) is 46.0 Å². The molecule has 3 N–H and O–H groups in total.